The van der Waals surface area contributed by atoms with Crippen LogP contribution in [0.3, 0.4) is 0 Å². The molecule has 0 aliphatic carbocycles. The van der Waals surface area contributed by atoms with Crippen LogP contribution in [0.5, 0.6) is 0 Å². The van der Waals surface area contributed by atoms with Crippen LogP contribution in [0.2, 0.25) is 0 Å². The van der Waals surface area contributed by atoms with Gasteiger partial charge in [0.25, 0.3) is 0 Å². The highest BCUT2D eigenvalue weighted by molar-refractivity contribution is 7.13. The van der Waals surface area contributed by atoms with E-state index in [4.69, 9.17) is 0 Å². The molecule has 0 unspecified atom stereocenters. The molecule has 0 aliphatic rings. The number of rotatable bonds is 5. The zero-order valence-electron chi connectivity index (χ0n) is 12.8. The minimum atomic E-state index is 0.934. The van der Waals surface area contributed by atoms with Crippen molar-refractivity contribution in [3.8, 4) is 10.6 Å². The second-order valence-electron chi connectivity index (χ2n) is 5.62. The van der Waals surface area contributed by atoms with Crippen LogP contribution in [0, 0.1) is 0 Å². The highest BCUT2D eigenvalue weighted by atomic mass is 32.1. The summed E-state index contributed by atoms with van der Waals surface area (Å²) in [6.45, 7) is 3.16. The molecular weight excluding hydrogens is 278 g/mol. The molecule has 3 aromatic heterocycles. The molecule has 3 aromatic rings. The lowest BCUT2D eigenvalue weighted by Crippen LogP contribution is -2.12. The Hall–Kier alpha value is -1.65. The fraction of sp³-hybridized carbons (Fsp3) is 0.353. The van der Waals surface area contributed by atoms with Crippen LogP contribution in [0.1, 0.15) is 24.6 Å². The fourth-order valence-corrected chi connectivity index (χ4v) is 3.70. The van der Waals surface area contributed by atoms with Crippen molar-refractivity contribution in [1.82, 2.24) is 14.3 Å². The van der Waals surface area contributed by atoms with Crippen LogP contribution in [-0.2, 0) is 13.0 Å². The molecule has 21 heavy (non-hydrogen) atoms. The van der Waals surface area contributed by atoms with Gasteiger partial charge in [-0.25, -0.2) is 0 Å². The molecule has 0 atom stereocenters. The lowest BCUT2D eigenvalue weighted by molar-refractivity contribution is 0.395. The summed E-state index contributed by atoms with van der Waals surface area (Å²) in [4.78, 5) is 8.17. The van der Waals surface area contributed by atoms with E-state index < -0.39 is 0 Å². The van der Waals surface area contributed by atoms with E-state index in [9.17, 15) is 0 Å². The lowest BCUT2D eigenvalue weighted by atomic mass is 10.1. The third-order valence-electron chi connectivity index (χ3n) is 3.62. The zero-order valence-corrected chi connectivity index (χ0v) is 13.7. The van der Waals surface area contributed by atoms with Gasteiger partial charge in [-0.3, -0.25) is 4.98 Å². The molecule has 4 heteroatoms. The van der Waals surface area contributed by atoms with Gasteiger partial charge >= 0.3 is 0 Å². The average molecular weight is 299 g/mol. The third kappa shape index (κ3) is 2.74. The van der Waals surface area contributed by atoms with E-state index in [-0.39, 0.29) is 0 Å². The van der Waals surface area contributed by atoms with Crippen molar-refractivity contribution < 1.29 is 0 Å². The molecule has 0 saturated carbocycles. The van der Waals surface area contributed by atoms with Gasteiger partial charge in [-0.15, -0.1) is 11.3 Å². The van der Waals surface area contributed by atoms with Crippen molar-refractivity contribution in [2.24, 2.45) is 0 Å². The summed E-state index contributed by atoms with van der Waals surface area (Å²) in [6, 6.07) is 6.63. The molecule has 110 valence electrons. The monoisotopic (exact) mass is 299 g/mol. The summed E-state index contributed by atoms with van der Waals surface area (Å²) in [7, 11) is 4.19. The second kappa shape index (κ2) is 6.00. The van der Waals surface area contributed by atoms with E-state index in [1.807, 2.05) is 6.20 Å². The minimum Gasteiger partial charge on any atom is -0.316 e. The van der Waals surface area contributed by atoms with Crippen LogP contribution in [0.4, 0.5) is 0 Å². The Kier molecular flexibility index (Phi) is 4.08. The molecule has 3 rings (SSSR count). The van der Waals surface area contributed by atoms with Crippen LogP contribution in [0.25, 0.3) is 16.1 Å². The van der Waals surface area contributed by atoms with E-state index >= 15 is 0 Å². The van der Waals surface area contributed by atoms with Gasteiger partial charge in [-0.05, 0) is 49.7 Å². The minimum absolute atomic E-state index is 0.934. The van der Waals surface area contributed by atoms with Gasteiger partial charge in [0.1, 0.15) is 5.69 Å². The Morgan fingerprint density at radius 2 is 2.10 bits per heavy atom. The van der Waals surface area contributed by atoms with Crippen molar-refractivity contribution >= 4 is 16.9 Å². The summed E-state index contributed by atoms with van der Waals surface area (Å²) < 4.78 is 2.26. The summed E-state index contributed by atoms with van der Waals surface area (Å²) in [6.07, 6.45) is 6.26. The van der Waals surface area contributed by atoms with Gasteiger partial charge in [-0.2, -0.15) is 0 Å². The van der Waals surface area contributed by atoms with Gasteiger partial charge in [0, 0.05) is 24.6 Å². The van der Waals surface area contributed by atoms with Crippen molar-refractivity contribution in [1.29, 1.82) is 0 Å². The topological polar surface area (TPSA) is 20.5 Å². The van der Waals surface area contributed by atoms with E-state index in [1.54, 1.807) is 11.3 Å². The zero-order chi connectivity index (χ0) is 14.8. The molecule has 0 spiro atoms. The predicted octanol–water partition coefficient (Wildman–Crippen LogP) is 4.08. The number of hydrogen-bond acceptors (Lipinski definition) is 3. The molecule has 0 aliphatic heterocycles. The number of fused-ring (bicyclic) bond motifs is 1. The molecule has 0 aromatic carbocycles. The first kappa shape index (κ1) is 14.3. The summed E-state index contributed by atoms with van der Waals surface area (Å²) in [5.74, 6) is 0. The summed E-state index contributed by atoms with van der Waals surface area (Å²) >= 11 is 1.79. The van der Waals surface area contributed by atoms with Gasteiger partial charge < -0.3 is 9.30 Å². The number of aryl methyl sites for hydroxylation is 1. The van der Waals surface area contributed by atoms with E-state index in [1.165, 1.54) is 28.1 Å². The Labute approximate surface area is 129 Å². The second-order valence-corrected chi connectivity index (χ2v) is 6.53. The highest BCUT2D eigenvalue weighted by Crippen LogP contribution is 2.32. The first-order valence-electron chi connectivity index (χ1n) is 7.37. The number of aromatic nitrogens is 2. The van der Waals surface area contributed by atoms with E-state index in [0.717, 1.165) is 18.7 Å². The first-order chi connectivity index (χ1) is 10.2. The third-order valence-corrected chi connectivity index (χ3v) is 4.59. The Morgan fingerprint density at radius 1 is 1.24 bits per heavy atom. The average Bonchev–Trinajstić information content (AvgIpc) is 3.06. The highest BCUT2D eigenvalue weighted by Gasteiger charge is 2.13. The van der Waals surface area contributed by atoms with Gasteiger partial charge in [0.15, 0.2) is 0 Å². The molecular formula is C17H21N3S. The molecule has 0 saturated heterocycles. The van der Waals surface area contributed by atoms with Crippen molar-refractivity contribution in [3.63, 3.8) is 0 Å². The van der Waals surface area contributed by atoms with Crippen LogP contribution in [0.15, 0.2) is 36.0 Å². The summed E-state index contributed by atoms with van der Waals surface area (Å²) in [5, 5.41) is 2.18. The van der Waals surface area contributed by atoms with Crippen molar-refractivity contribution in [3.05, 3.63) is 47.2 Å². The molecule has 0 fully saturated rings. The van der Waals surface area contributed by atoms with Gasteiger partial charge in [-0.1, -0.05) is 13.3 Å². The number of hydrogen-bond donors (Lipinski definition) is 0. The normalized spacial score (nSPS) is 11.6. The van der Waals surface area contributed by atoms with Gasteiger partial charge in [0.05, 0.1) is 10.4 Å². The maximum atomic E-state index is 4.66. The number of nitrogens with zero attached hydrogens (tertiary/aromatic N) is 3. The van der Waals surface area contributed by atoms with Crippen molar-refractivity contribution in [2.75, 3.05) is 14.1 Å². The molecule has 0 radical (unpaired) electrons. The maximum absolute atomic E-state index is 4.66. The van der Waals surface area contributed by atoms with Crippen LogP contribution < -0.4 is 0 Å². The largest absolute Gasteiger partial charge is 0.316 e. The molecule has 3 nitrogen and oxygen atoms in total. The molecule has 0 N–H and O–H groups in total. The SMILES string of the molecule is CCCc1ccsc1-c1nccn2c(CN(C)C)ccc12. The quantitative estimate of drug-likeness (QED) is 0.707. The first-order valence-corrected chi connectivity index (χ1v) is 8.25. The summed E-state index contributed by atoms with van der Waals surface area (Å²) in [5.41, 5.74) is 5.03. The lowest BCUT2D eigenvalue weighted by Gasteiger charge is -2.11. The molecule has 0 bridgehead atoms. The molecule has 0 amide bonds. The standard InChI is InChI=1S/C17H21N3S/c1-4-5-13-8-11-21-17(13)16-15-7-6-14(12-19(2)3)20(15)10-9-18-16/h6-11H,4-5,12H2,1-3H3. The van der Waals surface area contributed by atoms with Gasteiger partial charge in [0.2, 0.25) is 0 Å². The van der Waals surface area contributed by atoms with Crippen molar-refractivity contribution in [2.45, 2.75) is 26.3 Å². The fourth-order valence-electron chi connectivity index (χ4n) is 2.74. The Bertz CT molecular complexity index is 739. The predicted molar refractivity (Wildman–Crippen MR) is 89.9 cm³/mol. The maximum Gasteiger partial charge on any atom is 0.104 e. The van der Waals surface area contributed by atoms with E-state index in [2.05, 4.69) is 65.1 Å². The Balaban J connectivity index is 2.11. The van der Waals surface area contributed by atoms with E-state index in [0.29, 0.717) is 0 Å². The smallest absolute Gasteiger partial charge is 0.104 e. The molecule has 3 heterocycles. The van der Waals surface area contributed by atoms with Crippen LogP contribution in [-0.4, -0.2) is 28.4 Å². The van der Waals surface area contributed by atoms with Crippen LogP contribution >= 0.6 is 11.3 Å². The Morgan fingerprint density at radius 3 is 2.86 bits per heavy atom. The number of thiophene rings is 1.